The molecule has 0 aromatic heterocycles. The molecule has 0 spiro atoms. The maximum Gasteiger partial charge on any atom is 0.329 e. The number of halogens is 2. The van der Waals surface area contributed by atoms with Crippen molar-refractivity contribution < 1.29 is 9.59 Å². The summed E-state index contributed by atoms with van der Waals surface area (Å²) in [7, 11) is 0. The molecule has 0 aliphatic heterocycles. The Morgan fingerprint density at radius 3 is 2.56 bits per heavy atom. The summed E-state index contributed by atoms with van der Waals surface area (Å²) in [6.45, 7) is 1.83. The van der Waals surface area contributed by atoms with Crippen molar-refractivity contribution in [2.24, 2.45) is 10.8 Å². The van der Waals surface area contributed by atoms with Gasteiger partial charge >= 0.3 is 11.8 Å². The van der Waals surface area contributed by atoms with E-state index in [1.54, 1.807) is 18.2 Å². The first kappa shape index (κ1) is 14.5. The zero-order valence-electron chi connectivity index (χ0n) is 9.54. The van der Waals surface area contributed by atoms with Crippen LogP contribution in [0.2, 0.25) is 10.0 Å². The fraction of sp³-hybridized carbons (Fsp3) is 0.182. The van der Waals surface area contributed by atoms with Crippen molar-refractivity contribution in [3.63, 3.8) is 0 Å². The molecule has 7 heteroatoms. The number of carbonyl (C=O) groups is 2. The molecule has 2 amide bonds. The van der Waals surface area contributed by atoms with E-state index in [0.29, 0.717) is 27.7 Å². The monoisotopic (exact) mass is 287 g/mol. The first-order valence-corrected chi connectivity index (χ1v) is 5.83. The van der Waals surface area contributed by atoms with E-state index in [0.717, 1.165) is 0 Å². The van der Waals surface area contributed by atoms with Crippen LogP contribution in [0.3, 0.4) is 0 Å². The van der Waals surface area contributed by atoms with Crippen LogP contribution in [0.15, 0.2) is 23.3 Å². The highest BCUT2D eigenvalue weighted by Gasteiger charge is 2.10. The van der Waals surface area contributed by atoms with Crippen LogP contribution in [0.25, 0.3) is 0 Å². The summed E-state index contributed by atoms with van der Waals surface area (Å²) in [5.41, 5.74) is 8.00. The van der Waals surface area contributed by atoms with Crippen LogP contribution < -0.4 is 11.2 Å². The molecular formula is C11H11Cl2N3O2. The van der Waals surface area contributed by atoms with Gasteiger partial charge in [-0.2, -0.15) is 5.10 Å². The Bertz CT molecular complexity index is 515. The number of nitrogens with two attached hydrogens (primary N) is 1. The van der Waals surface area contributed by atoms with Gasteiger partial charge in [0.15, 0.2) is 0 Å². The summed E-state index contributed by atoms with van der Waals surface area (Å²) in [5.74, 6) is -2.08. The van der Waals surface area contributed by atoms with Gasteiger partial charge in [-0.15, -0.1) is 0 Å². The zero-order chi connectivity index (χ0) is 13.7. The molecule has 0 atom stereocenters. The first-order valence-electron chi connectivity index (χ1n) is 5.07. The maximum atomic E-state index is 11.0. The van der Waals surface area contributed by atoms with Crippen molar-refractivity contribution in [1.82, 2.24) is 5.43 Å². The minimum Gasteiger partial charge on any atom is -0.361 e. The number of hydrogen-bond donors (Lipinski definition) is 2. The quantitative estimate of drug-likeness (QED) is 0.504. The molecule has 1 aromatic rings. The molecule has 0 saturated carbocycles. The molecule has 3 N–H and O–H groups in total. The van der Waals surface area contributed by atoms with Crippen molar-refractivity contribution >= 4 is 40.7 Å². The van der Waals surface area contributed by atoms with Crippen LogP contribution in [0, 0.1) is 0 Å². The molecule has 0 aliphatic carbocycles. The van der Waals surface area contributed by atoms with Crippen LogP contribution in [0.1, 0.15) is 18.9 Å². The van der Waals surface area contributed by atoms with E-state index < -0.39 is 11.8 Å². The summed E-state index contributed by atoms with van der Waals surface area (Å²) in [4.78, 5) is 21.5. The van der Waals surface area contributed by atoms with Crippen LogP contribution >= 0.6 is 23.2 Å². The molecular weight excluding hydrogens is 277 g/mol. The van der Waals surface area contributed by atoms with Crippen LogP contribution in [0.4, 0.5) is 0 Å². The number of nitrogens with one attached hydrogen (secondary N) is 1. The highest BCUT2D eigenvalue weighted by molar-refractivity contribution is 6.37. The number of primary amides is 1. The minimum atomic E-state index is -1.10. The smallest absolute Gasteiger partial charge is 0.329 e. The van der Waals surface area contributed by atoms with E-state index in [1.165, 1.54) is 0 Å². The third-order valence-electron chi connectivity index (χ3n) is 2.09. The summed E-state index contributed by atoms with van der Waals surface area (Å²) >= 11 is 11.8. The minimum absolute atomic E-state index is 0.413. The lowest BCUT2D eigenvalue weighted by atomic mass is 10.1. The second-order valence-corrected chi connectivity index (χ2v) is 4.19. The van der Waals surface area contributed by atoms with Gasteiger partial charge in [0.2, 0.25) is 0 Å². The Hall–Kier alpha value is -1.59. The van der Waals surface area contributed by atoms with Gasteiger partial charge in [-0.05, 0) is 18.6 Å². The van der Waals surface area contributed by atoms with Crippen molar-refractivity contribution in [1.29, 1.82) is 0 Å². The fourth-order valence-electron chi connectivity index (χ4n) is 1.23. The summed E-state index contributed by atoms with van der Waals surface area (Å²) in [6, 6.07) is 4.91. The Balaban J connectivity index is 2.99. The SMILES string of the molecule is CC/C(=N\NC(=O)C(N)=O)c1ccc(Cl)cc1Cl. The molecule has 0 bridgehead atoms. The predicted octanol–water partition coefficient (Wildman–Crippen LogP) is 1.71. The average molecular weight is 288 g/mol. The number of benzene rings is 1. The van der Waals surface area contributed by atoms with Crippen molar-refractivity contribution in [2.75, 3.05) is 0 Å². The molecule has 0 radical (unpaired) electrons. The number of nitrogens with zero attached hydrogens (tertiary/aromatic N) is 1. The normalized spacial score (nSPS) is 11.2. The first-order chi connectivity index (χ1) is 8.45. The van der Waals surface area contributed by atoms with Gasteiger partial charge in [-0.25, -0.2) is 5.43 Å². The van der Waals surface area contributed by atoms with Crippen LogP contribution in [-0.4, -0.2) is 17.5 Å². The van der Waals surface area contributed by atoms with Crippen LogP contribution in [-0.2, 0) is 9.59 Å². The number of carbonyl (C=O) groups excluding carboxylic acids is 2. The van der Waals surface area contributed by atoms with Gasteiger partial charge < -0.3 is 5.73 Å². The van der Waals surface area contributed by atoms with Gasteiger partial charge in [0.25, 0.3) is 0 Å². The van der Waals surface area contributed by atoms with Gasteiger partial charge in [-0.3, -0.25) is 9.59 Å². The maximum absolute atomic E-state index is 11.0. The van der Waals surface area contributed by atoms with Gasteiger partial charge in [-0.1, -0.05) is 36.2 Å². The number of rotatable bonds is 3. The number of hydrazone groups is 1. The van der Waals surface area contributed by atoms with Crippen LogP contribution in [0.5, 0.6) is 0 Å². The molecule has 5 nitrogen and oxygen atoms in total. The molecule has 0 saturated heterocycles. The van der Waals surface area contributed by atoms with E-state index in [4.69, 9.17) is 28.9 Å². The highest BCUT2D eigenvalue weighted by atomic mass is 35.5. The van der Waals surface area contributed by atoms with Gasteiger partial charge in [0, 0.05) is 10.6 Å². The molecule has 0 fully saturated rings. The molecule has 18 heavy (non-hydrogen) atoms. The van der Waals surface area contributed by atoms with E-state index in [2.05, 4.69) is 10.5 Å². The van der Waals surface area contributed by atoms with E-state index >= 15 is 0 Å². The molecule has 1 aromatic carbocycles. The van der Waals surface area contributed by atoms with E-state index in [-0.39, 0.29) is 0 Å². The molecule has 0 unspecified atom stereocenters. The molecule has 1 rings (SSSR count). The number of amides is 2. The fourth-order valence-corrected chi connectivity index (χ4v) is 1.74. The summed E-state index contributed by atoms with van der Waals surface area (Å²) in [5, 5.41) is 4.73. The lowest BCUT2D eigenvalue weighted by Gasteiger charge is -2.06. The number of hydrogen-bond acceptors (Lipinski definition) is 3. The topological polar surface area (TPSA) is 84.6 Å². The molecule has 0 aliphatic rings. The standard InChI is InChI=1S/C11H11Cl2N3O2/c1-2-9(15-16-11(18)10(14)17)7-4-3-6(12)5-8(7)13/h3-5H,2H2,1H3,(H2,14,17)(H,16,18)/b15-9+. The zero-order valence-corrected chi connectivity index (χ0v) is 11.0. The Morgan fingerprint density at radius 1 is 1.39 bits per heavy atom. The lowest BCUT2D eigenvalue weighted by molar-refractivity contribution is -0.137. The largest absolute Gasteiger partial charge is 0.361 e. The summed E-state index contributed by atoms with van der Waals surface area (Å²) < 4.78 is 0. The van der Waals surface area contributed by atoms with E-state index in [1.807, 2.05) is 6.92 Å². The Kier molecular flexibility index (Phi) is 5.12. The highest BCUT2D eigenvalue weighted by Crippen LogP contribution is 2.22. The Morgan fingerprint density at radius 2 is 2.06 bits per heavy atom. The third kappa shape index (κ3) is 3.72. The van der Waals surface area contributed by atoms with Gasteiger partial charge in [0.05, 0.1) is 10.7 Å². The van der Waals surface area contributed by atoms with Crippen molar-refractivity contribution in [3.05, 3.63) is 33.8 Å². The predicted molar refractivity (Wildman–Crippen MR) is 70.6 cm³/mol. The Labute approximate surface area is 114 Å². The van der Waals surface area contributed by atoms with Gasteiger partial charge in [0.1, 0.15) is 0 Å². The van der Waals surface area contributed by atoms with E-state index in [9.17, 15) is 9.59 Å². The second kappa shape index (κ2) is 6.37. The van der Waals surface area contributed by atoms with Crippen molar-refractivity contribution in [2.45, 2.75) is 13.3 Å². The molecule has 96 valence electrons. The third-order valence-corrected chi connectivity index (χ3v) is 2.64. The lowest BCUT2D eigenvalue weighted by Crippen LogP contribution is -2.33. The second-order valence-electron chi connectivity index (χ2n) is 3.34. The average Bonchev–Trinajstić information content (AvgIpc) is 2.31. The summed E-state index contributed by atoms with van der Waals surface area (Å²) in [6.07, 6.45) is 0.514. The molecule has 0 heterocycles. The van der Waals surface area contributed by atoms with Crippen molar-refractivity contribution in [3.8, 4) is 0 Å².